The number of hydrogen-bond donors (Lipinski definition) is 3. The van der Waals surface area contributed by atoms with Gasteiger partial charge in [-0.15, -0.1) is 0 Å². The van der Waals surface area contributed by atoms with Gasteiger partial charge >= 0.3 is 0 Å². The van der Waals surface area contributed by atoms with E-state index in [2.05, 4.69) is 27.8 Å². The summed E-state index contributed by atoms with van der Waals surface area (Å²) in [5, 5.41) is 9.33. The molecule has 132 valence electrons. The molecule has 2 rings (SSSR count). The molecular weight excluding hydrogens is 292 g/mol. The van der Waals surface area contributed by atoms with Crippen molar-refractivity contribution in [1.82, 2.24) is 20.9 Å². The average Bonchev–Trinajstić information content (AvgIpc) is 3.07. The highest BCUT2D eigenvalue weighted by Gasteiger charge is 2.25. The van der Waals surface area contributed by atoms with Crippen molar-refractivity contribution in [1.29, 1.82) is 0 Å². The molecule has 6 nitrogen and oxygen atoms in total. The smallest absolute Gasteiger partial charge is 0.237 e. The van der Waals surface area contributed by atoms with E-state index in [1.807, 2.05) is 6.92 Å². The van der Waals surface area contributed by atoms with Gasteiger partial charge in [0.15, 0.2) is 0 Å². The Morgan fingerprint density at radius 3 is 2.83 bits per heavy atom. The van der Waals surface area contributed by atoms with Crippen LogP contribution in [0.15, 0.2) is 0 Å². The van der Waals surface area contributed by atoms with Gasteiger partial charge in [0.05, 0.1) is 12.6 Å². The largest absolute Gasteiger partial charge is 0.354 e. The molecule has 23 heavy (non-hydrogen) atoms. The van der Waals surface area contributed by atoms with E-state index in [4.69, 9.17) is 0 Å². The number of carbonyl (C=O) groups is 2. The Morgan fingerprint density at radius 2 is 2.13 bits per heavy atom. The van der Waals surface area contributed by atoms with Gasteiger partial charge in [-0.1, -0.05) is 6.92 Å². The number of nitrogens with zero attached hydrogens (tertiary/aromatic N) is 1. The van der Waals surface area contributed by atoms with E-state index in [9.17, 15) is 9.59 Å². The van der Waals surface area contributed by atoms with Gasteiger partial charge in [0, 0.05) is 19.1 Å². The molecule has 2 aliphatic rings. The molecule has 2 aliphatic heterocycles. The molecule has 2 heterocycles. The van der Waals surface area contributed by atoms with Crippen LogP contribution in [0.3, 0.4) is 0 Å². The highest BCUT2D eigenvalue weighted by atomic mass is 16.2. The standard InChI is InChI=1S/C17H32N4O2/c1-3-13(2)20-16(22)12-21-9-5-6-14(11-21)10-19-17(23)15-7-4-8-18-15/h13-15,18H,3-12H2,1-2H3,(H,19,23)(H,20,22). The van der Waals surface area contributed by atoms with Crippen LogP contribution in [0.4, 0.5) is 0 Å². The molecule has 2 amide bonds. The number of likely N-dealkylation sites (tertiary alicyclic amines) is 1. The summed E-state index contributed by atoms with van der Waals surface area (Å²) in [6, 6.07) is 0.234. The molecule has 6 heteroatoms. The first-order valence-corrected chi connectivity index (χ1v) is 9.11. The second-order valence-corrected chi connectivity index (χ2v) is 7.01. The van der Waals surface area contributed by atoms with Crippen LogP contribution in [0, 0.1) is 5.92 Å². The molecule has 0 radical (unpaired) electrons. The van der Waals surface area contributed by atoms with Gasteiger partial charge in [-0.3, -0.25) is 14.5 Å². The summed E-state index contributed by atoms with van der Waals surface area (Å²) < 4.78 is 0. The van der Waals surface area contributed by atoms with Crippen LogP contribution in [0.25, 0.3) is 0 Å². The maximum atomic E-state index is 12.1. The molecule has 0 aromatic heterocycles. The molecule has 3 unspecified atom stereocenters. The summed E-state index contributed by atoms with van der Waals surface area (Å²) in [4.78, 5) is 26.3. The van der Waals surface area contributed by atoms with Crippen LogP contribution in [0.2, 0.25) is 0 Å². The summed E-state index contributed by atoms with van der Waals surface area (Å²) in [6.45, 7) is 8.11. The molecule has 0 spiro atoms. The first kappa shape index (κ1) is 18.2. The second kappa shape index (κ2) is 9.23. The van der Waals surface area contributed by atoms with Gasteiger partial charge in [0.2, 0.25) is 11.8 Å². The van der Waals surface area contributed by atoms with Crippen LogP contribution in [-0.2, 0) is 9.59 Å². The monoisotopic (exact) mass is 324 g/mol. The van der Waals surface area contributed by atoms with Crippen LogP contribution in [-0.4, -0.2) is 61.5 Å². The van der Waals surface area contributed by atoms with Crippen molar-refractivity contribution in [3.8, 4) is 0 Å². The number of hydrogen-bond acceptors (Lipinski definition) is 4. The lowest BCUT2D eigenvalue weighted by Crippen LogP contribution is -2.48. The second-order valence-electron chi connectivity index (χ2n) is 7.01. The minimum Gasteiger partial charge on any atom is -0.354 e. The molecule has 2 fully saturated rings. The van der Waals surface area contributed by atoms with Crippen LogP contribution >= 0.6 is 0 Å². The van der Waals surface area contributed by atoms with Gasteiger partial charge in [0.25, 0.3) is 0 Å². The third kappa shape index (κ3) is 6.11. The Kier molecular flexibility index (Phi) is 7.30. The Labute approximate surface area is 139 Å². The van der Waals surface area contributed by atoms with Crippen molar-refractivity contribution in [3.05, 3.63) is 0 Å². The summed E-state index contributed by atoms with van der Waals surface area (Å²) >= 11 is 0. The Morgan fingerprint density at radius 1 is 1.30 bits per heavy atom. The van der Waals surface area contributed by atoms with Crippen molar-refractivity contribution in [3.63, 3.8) is 0 Å². The zero-order chi connectivity index (χ0) is 16.7. The van der Waals surface area contributed by atoms with Gasteiger partial charge in [-0.2, -0.15) is 0 Å². The molecule has 0 bridgehead atoms. The fourth-order valence-corrected chi connectivity index (χ4v) is 3.36. The van der Waals surface area contributed by atoms with E-state index in [0.29, 0.717) is 12.5 Å². The zero-order valence-corrected chi connectivity index (χ0v) is 14.6. The molecule has 0 aliphatic carbocycles. The lowest BCUT2D eigenvalue weighted by molar-refractivity contribution is -0.124. The van der Waals surface area contributed by atoms with Gasteiger partial charge in [-0.05, 0) is 58.0 Å². The SMILES string of the molecule is CCC(C)NC(=O)CN1CCCC(CNC(=O)C2CCCN2)C1. The molecular formula is C17H32N4O2. The van der Waals surface area contributed by atoms with Crippen molar-refractivity contribution in [2.75, 3.05) is 32.7 Å². The van der Waals surface area contributed by atoms with E-state index in [1.54, 1.807) is 0 Å². The Bertz CT molecular complexity index is 396. The molecule has 3 atom stereocenters. The highest BCUT2D eigenvalue weighted by molar-refractivity contribution is 5.82. The third-order valence-electron chi connectivity index (χ3n) is 4.93. The highest BCUT2D eigenvalue weighted by Crippen LogP contribution is 2.15. The summed E-state index contributed by atoms with van der Waals surface area (Å²) in [5.74, 6) is 0.693. The Hall–Kier alpha value is -1.14. The van der Waals surface area contributed by atoms with E-state index in [1.165, 1.54) is 0 Å². The number of carbonyl (C=O) groups excluding carboxylic acids is 2. The van der Waals surface area contributed by atoms with Crippen molar-refractivity contribution >= 4 is 11.8 Å². The summed E-state index contributed by atoms with van der Waals surface area (Å²) in [6.07, 6.45) is 5.20. The van der Waals surface area contributed by atoms with Gasteiger partial charge in [0.1, 0.15) is 0 Å². The predicted octanol–water partition coefficient (Wildman–Crippen LogP) is 0.481. The third-order valence-corrected chi connectivity index (χ3v) is 4.93. The molecule has 3 N–H and O–H groups in total. The average molecular weight is 324 g/mol. The lowest BCUT2D eigenvalue weighted by Gasteiger charge is -2.32. The first-order valence-electron chi connectivity index (χ1n) is 9.11. The molecule has 2 saturated heterocycles. The maximum absolute atomic E-state index is 12.1. The molecule has 0 aromatic carbocycles. The number of piperidine rings is 1. The van der Waals surface area contributed by atoms with Crippen molar-refractivity contribution in [2.24, 2.45) is 5.92 Å². The summed E-state index contributed by atoms with van der Waals surface area (Å²) in [5.41, 5.74) is 0. The van der Waals surface area contributed by atoms with E-state index < -0.39 is 0 Å². The number of rotatable bonds is 7. The first-order chi connectivity index (χ1) is 11.1. The maximum Gasteiger partial charge on any atom is 0.237 e. The minimum atomic E-state index is -0.00370. The van der Waals surface area contributed by atoms with Crippen LogP contribution in [0.1, 0.15) is 46.0 Å². The van der Waals surface area contributed by atoms with Crippen molar-refractivity contribution in [2.45, 2.75) is 58.0 Å². The normalized spacial score (nSPS) is 26.7. The van der Waals surface area contributed by atoms with E-state index in [-0.39, 0.29) is 23.9 Å². The number of nitrogens with one attached hydrogen (secondary N) is 3. The Balaban J connectivity index is 1.68. The fourth-order valence-electron chi connectivity index (χ4n) is 3.36. The summed E-state index contributed by atoms with van der Waals surface area (Å²) in [7, 11) is 0. The van der Waals surface area contributed by atoms with Crippen molar-refractivity contribution < 1.29 is 9.59 Å². The van der Waals surface area contributed by atoms with Gasteiger partial charge < -0.3 is 16.0 Å². The lowest BCUT2D eigenvalue weighted by atomic mass is 9.97. The van der Waals surface area contributed by atoms with E-state index >= 15 is 0 Å². The van der Waals surface area contributed by atoms with Crippen LogP contribution in [0.5, 0.6) is 0 Å². The van der Waals surface area contributed by atoms with Gasteiger partial charge in [-0.25, -0.2) is 0 Å². The molecule has 0 saturated carbocycles. The fraction of sp³-hybridized carbons (Fsp3) is 0.882. The van der Waals surface area contributed by atoms with Crippen LogP contribution < -0.4 is 16.0 Å². The quantitative estimate of drug-likeness (QED) is 0.637. The topological polar surface area (TPSA) is 73.5 Å². The minimum absolute atomic E-state index is 0.00370. The number of amides is 2. The predicted molar refractivity (Wildman–Crippen MR) is 91.1 cm³/mol. The zero-order valence-electron chi connectivity index (χ0n) is 14.6. The van der Waals surface area contributed by atoms with E-state index in [0.717, 1.165) is 58.3 Å². The molecule has 0 aromatic rings.